The Bertz CT molecular complexity index is 747. The van der Waals surface area contributed by atoms with Crippen LogP contribution in [-0.4, -0.2) is 13.3 Å². The minimum absolute atomic E-state index is 0.0391. The molecule has 0 radical (unpaired) electrons. The van der Waals surface area contributed by atoms with Crippen LogP contribution in [0.15, 0.2) is 57.9 Å². The summed E-state index contributed by atoms with van der Waals surface area (Å²) in [6.45, 7) is 0. The Labute approximate surface area is 123 Å². The molecule has 0 atom stereocenters. The van der Waals surface area contributed by atoms with Gasteiger partial charge in [0.15, 0.2) is 0 Å². The maximum Gasteiger partial charge on any atom is 0.294 e. The van der Waals surface area contributed by atoms with Gasteiger partial charge in [0, 0.05) is 10.5 Å². The van der Waals surface area contributed by atoms with Crippen molar-refractivity contribution in [1.82, 2.24) is 0 Å². The highest BCUT2D eigenvalue weighted by Crippen LogP contribution is 2.29. The SMILES string of the molecule is O=[N+]([O-])c1cc(Br)ccc1NS(=O)(=O)c1ccccc1. The maximum atomic E-state index is 12.1. The average molecular weight is 357 g/mol. The molecule has 2 aromatic rings. The van der Waals surface area contributed by atoms with E-state index >= 15 is 0 Å². The van der Waals surface area contributed by atoms with Crippen molar-refractivity contribution in [1.29, 1.82) is 0 Å². The number of benzene rings is 2. The number of halogens is 1. The van der Waals surface area contributed by atoms with Crippen molar-refractivity contribution in [2.24, 2.45) is 0 Å². The zero-order chi connectivity index (χ0) is 14.8. The second-order valence-corrected chi connectivity index (χ2v) is 6.44. The molecule has 0 saturated heterocycles. The molecule has 20 heavy (non-hydrogen) atoms. The molecule has 2 aromatic carbocycles. The Morgan fingerprint density at radius 3 is 2.35 bits per heavy atom. The molecule has 1 N–H and O–H groups in total. The van der Waals surface area contributed by atoms with E-state index in [9.17, 15) is 18.5 Å². The van der Waals surface area contributed by atoms with E-state index in [1.54, 1.807) is 18.2 Å². The van der Waals surface area contributed by atoms with Gasteiger partial charge in [-0.3, -0.25) is 14.8 Å². The molecule has 0 bridgehead atoms. The summed E-state index contributed by atoms with van der Waals surface area (Å²) in [7, 11) is -3.85. The average Bonchev–Trinajstić information content (AvgIpc) is 2.41. The van der Waals surface area contributed by atoms with Gasteiger partial charge in [0.25, 0.3) is 15.7 Å². The minimum Gasteiger partial charge on any atom is -0.273 e. The summed E-state index contributed by atoms with van der Waals surface area (Å²) in [5.74, 6) is 0. The first-order valence-electron chi connectivity index (χ1n) is 5.42. The molecule has 0 fully saturated rings. The van der Waals surface area contributed by atoms with Gasteiger partial charge < -0.3 is 0 Å². The molecule has 0 saturated carbocycles. The molecule has 0 spiro atoms. The number of rotatable bonds is 4. The standard InChI is InChI=1S/C12H9BrN2O4S/c13-9-6-7-11(12(8-9)15(16)17)14-20(18,19)10-4-2-1-3-5-10/h1-8,14H. The van der Waals surface area contributed by atoms with E-state index in [4.69, 9.17) is 0 Å². The second-order valence-electron chi connectivity index (χ2n) is 3.84. The molecule has 0 amide bonds. The molecule has 2 rings (SSSR count). The summed E-state index contributed by atoms with van der Waals surface area (Å²) in [4.78, 5) is 10.3. The Kier molecular flexibility index (Phi) is 4.05. The molecule has 0 aliphatic rings. The summed E-state index contributed by atoms with van der Waals surface area (Å²) < 4.78 is 26.9. The predicted octanol–water partition coefficient (Wildman–Crippen LogP) is 3.16. The first-order valence-corrected chi connectivity index (χ1v) is 7.69. The highest BCUT2D eigenvalue weighted by atomic mass is 79.9. The number of nitrogens with zero attached hydrogens (tertiary/aromatic N) is 1. The third-order valence-corrected chi connectivity index (χ3v) is 4.33. The fourth-order valence-corrected chi connectivity index (χ4v) is 2.99. The van der Waals surface area contributed by atoms with Gasteiger partial charge in [-0.1, -0.05) is 34.1 Å². The van der Waals surface area contributed by atoms with Crippen LogP contribution in [0.2, 0.25) is 0 Å². The van der Waals surface area contributed by atoms with Gasteiger partial charge in [0.05, 0.1) is 9.82 Å². The van der Waals surface area contributed by atoms with Crippen LogP contribution >= 0.6 is 15.9 Å². The van der Waals surface area contributed by atoms with Crippen LogP contribution in [0.1, 0.15) is 0 Å². The van der Waals surface area contributed by atoms with Crippen LogP contribution in [0.3, 0.4) is 0 Å². The minimum atomic E-state index is -3.85. The first kappa shape index (κ1) is 14.5. The normalized spacial score (nSPS) is 11.1. The zero-order valence-electron chi connectivity index (χ0n) is 9.99. The lowest BCUT2D eigenvalue weighted by molar-refractivity contribution is -0.384. The first-order chi connectivity index (χ1) is 9.40. The fourth-order valence-electron chi connectivity index (χ4n) is 1.55. The number of nitro groups is 1. The largest absolute Gasteiger partial charge is 0.294 e. The smallest absolute Gasteiger partial charge is 0.273 e. The van der Waals surface area contributed by atoms with Gasteiger partial charge in [-0.15, -0.1) is 0 Å². The molecule has 0 heterocycles. The molecule has 0 aliphatic carbocycles. The van der Waals surface area contributed by atoms with E-state index in [-0.39, 0.29) is 16.3 Å². The van der Waals surface area contributed by atoms with Crippen molar-refractivity contribution < 1.29 is 13.3 Å². The van der Waals surface area contributed by atoms with Crippen molar-refractivity contribution in [3.63, 3.8) is 0 Å². The van der Waals surface area contributed by atoms with E-state index in [0.717, 1.165) is 0 Å². The van der Waals surface area contributed by atoms with E-state index in [1.165, 1.54) is 30.3 Å². The summed E-state index contributed by atoms with van der Waals surface area (Å²) in [6, 6.07) is 11.7. The van der Waals surface area contributed by atoms with E-state index < -0.39 is 14.9 Å². The lowest BCUT2D eigenvalue weighted by atomic mass is 10.3. The van der Waals surface area contributed by atoms with Crippen LogP contribution in [0.5, 0.6) is 0 Å². The number of nitrogens with one attached hydrogen (secondary N) is 1. The lowest BCUT2D eigenvalue weighted by Crippen LogP contribution is -2.13. The highest BCUT2D eigenvalue weighted by Gasteiger charge is 2.20. The third kappa shape index (κ3) is 3.14. The summed E-state index contributed by atoms with van der Waals surface area (Å²) in [5.41, 5.74) is -0.402. The van der Waals surface area contributed by atoms with Gasteiger partial charge in [-0.25, -0.2) is 8.42 Å². The Hall–Kier alpha value is -1.93. The third-order valence-electron chi connectivity index (χ3n) is 2.45. The fraction of sp³-hybridized carbons (Fsp3) is 0. The van der Waals surface area contributed by atoms with Crippen molar-refractivity contribution in [2.45, 2.75) is 4.90 Å². The van der Waals surface area contributed by atoms with Crippen LogP contribution in [0.4, 0.5) is 11.4 Å². The van der Waals surface area contributed by atoms with Crippen LogP contribution in [0, 0.1) is 10.1 Å². The summed E-state index contributed by atoms with van der Waals surface area (Å²) >= 11 is 3.11. The maximum absolute atomic E-state index is 12.1. The Balaban J connectivity index is 2.43. The number of sulfonamides is 1. The molecule has 6 nitrogen and oxygen atoms in total. The molecular weight excluding hydrogens is 348 g/mol. The van der Waals surface area contributed by atoms with Crippen molar-refractivity contribution in [3.8, 4) is 0 Å². The van der Waals surface area contributed by atoms with Gasteiger partial charge in [-0.05, 0) is 24.3 Å². The summed E-state index contributed by atoms with van der Waals surface area (Å²) in [5, 5.41) is 10.9. The number of hydrogen-bond acceptors (Lipinski definition) is 4. The van der Waals surface area contributed by atoms with Crippen molar-refractivity contribution >= 4 is 37.3 Å². The topological polar surface area (TPSA) is 89.3 Å². The Morgan fingerprint density at radius 2 is 1.75 bits per heavy atom. The quantitative estimate of drug-likeness (QED) is 0.672. The molecule has 0 aromatic heterocycles. The Morgan fingerprint density at radius 1 is 1.10 bits per heavy atom. The molecular formula is C12H9BrN2O4S. The van der Waals surface area contributed by atoms with Gasteiger partial charge in [0.1, 0.15) is 5.69 Å². The number of hydrogen-bond donors (Lipinski definition) is 1. The zero-order valence-corrected chi connectivity index (χ0v) is 12.4. The van der Waals surface area contributed by atoms with Crippen LogP contribution in [-0.2, 0) is 10.0 Å². The number of anilines is 1. The molecule has 0 aliphatic heterocycles. The van der Waals surface area contributed by atoms with E-state index in [1.807, 2.05) is 0 Å². The van der Waals surface area contributed by atoms with Gasteiger partial charge in [0.2, 0.25) is 0 Å². The molecule has 104 valence electrons. The van der Waals surface area contributed by atoms with E-state index in [0.29, 0.717) is 4.47 Å². The highest BCUT2D eigenvalue weighted by molar-refractivity contribution is 9.10. The molecule has 0 unspecified atom stereocenters. The van der Waals surface area contributed by atoms with Crippen LogP contribution in [0.25, 0.3) is 0 Å². The van der Waals surface area contributed by atoms with Gasteiger partial charge in [-0.2, -0.15) is 0 Å². The molecule has 8 heteroatoms. The lowest BCUT2D eigenvalue weighted by Gasteiger charge is -2.08. The van der Waals surface area contributed by atoms with Gasteiger partial charge >= 0.3 is 0 Å². The van der Waals surface area contributed by atoms with Crippen LogP contribution < -0.4 is 4.72 Å². The monoisotopic (exact) mass is 356 g/mol. The number of nitro benzene ring substituents is 1. The second kappa shape index (κ2) is 5.59. The van der Waals surface area contributed by atoms with E-state index in [2.05, 4.69) is 20.7 Å². The van der Waals surface area contributed by atoms with Crippen molar-refractivity contribution in [2.75, 3.05) is 4.72 Å². The van der Waals surface area contributed by atoms with Crippen molar-refractivity contribution in [3.05, 3.63) is 63.1 Å². The predicted molar refractivity (Wildman–Crippen MR) is 78.0 cm³/mol. The summed E-state index contributed by atoms with van der Waals surface area (Å²) in [6.07, 6.45) is 0.